The molecule has 0 atom stereocenters. The summed E-state index contributed by atoms with van der Waals surface area (Å²) >= 11 is 0. The maximum absolute atomic E-state index is 7.42. The fraction of sp³-hybridized carbons (Fsp3) is 0. The largest absolute Gasteiger partial charge is 0.256 e. The summed E-state index contributed by atoms with van der Waals surface area (Å²) in [6, 6.07) is 67.1. The van der Waals surface area contributed by atoms with Crippen molar-refractivity contribution in [2.45, 2.75) is 0 Å². The quantitative estimate of drug-likeness (QED) is 0.125. The van der Waals surface area contributed by atoms with Crippen LogP contribution in [0.4, 0.5) is 5.69 Å². The third-order valence-corrected chi connectivity index (χ3v) is 11.4. The van der Waals surface area contributed by atoms with Gasteiger partial charge in [0, 0.05) is 33.8 Å². The Balaban J connectivity index is 1.10. The molecule has 278 valence electrons. The molecule has 0 bridgehead atoms. The molecule has 0 unspecified atom stereocenters. The van der Waals surface area contributed by atoms with Crippen molar-refractivity contribution in [3.05, 3.63) is 212 Å². The van der Waals surface area contributed by atoms with Crippen molar-refractivity contribution in [1.29, 1.82) is 0 Å². The van der Waals surface area contributed by atoms with Crippen molar-refractivity contribution < 1.29 is 0 Å². The first-order valence-electron chi connectivity index (χ1n) is 19.9. The smallest absolute Gasteiger partial charge is 0.187 e. The minimum Gasteiger partial charge on any atom is -0.256 e. The van der Waals surface area contributed by atoms with E-state index in [1.54, 1.807) is 0 Å². The van der Waals surface area contributed by atoms with Gasteiger partial charge in [-0.05, 0) is 84.4 Å². The molecule has 5 heteroatoms. The first-order valence-corrected chi connectivity index (χ1v) is 19.9. The molecule has 60 heavy (non-hydrogen) atoms. The van der Waals surface area contributed by atoms with Crippen molar-refractivity contribution >= 4 is 48.9 Å². The Morgan fingerprint density at radius 1 is 0.317 bits per heavy atom. The van der Waals surface area contributed by atoms with Crippen molar-refractivity contribution in [3.8, 4) is 67.5 Å². The lowest BCUT2D eigenvalue weighted by Gasteiger charge is -2.17. The molecule has 2 heterocycles. The highest BCUT2D eigenvalue weighted by molar-refractivity contribution is 6.24. The molecule has 0 aliphatic carbocycles. The Hall–Kier alpha value is -8.33. The second kappa shape index (κ2) is 14.6. The summed E-state index contributed by atoms with van der Waals surface area (Å²) in [4.78, 5) is 23.7. The van der Waals surface area contributed by atoms with Gasteiger partial charge in [0.1, 0.15) is 0 Å². The highest BCUT2D eigenvalue weighted by Crippen LogP contribution is 2.44. The molecular formula is C55H33N5. The molecule has 11 aromatic rings. The lowest BCUT2D eigenvalue weighted by Crippen LogP contribution is -2.00. The summed E-state index contributed by atoms with van der Waals surface area (Å²) in [5.41, 5.74) is 11.0. The minimum atomic E-state index is 0.618. The second-order valence-electron chi connectivity index (χ2n) is 14.9. The average molecular weight is 764 g/mol. The monoisotopic (exact) mass is 763 g/mol. The Bertz CT molecular complexity index is 3420. The van der Waals surface area contributed by atoms with Crippen LogP contribution >= 0.6 is 0 Å². The van der Waals surface area contributed by atoms with Crippen LogP contribution in [-0.4, -0.2) is 19.9 Å². The summed E-state index contributed by atoms with van der Waals surface area (Å²) in [5, 5.41) is 8.03. The van der Waals surface area contributed by atoms with Crippen LogP contribution in [0.5, 0.6) is 0 Å². The summed E-state index contributed by atoms with van der Waals surface area (Å²) < 4.78 is 0. The molecule has 0 saturated heterocycles. The van der Waals surface area contributed by atoms with E-state index >= 15 is 0 Å². The zero-order chi connectivity index (χ0) is 40.0. The minimum absolute atomic E-state index is 0.618. The van der Waals surface area contributed by atoms with Crippen molar-refractivity contribution in [1.82, 2.24) is 19.9 Å². The normalized spacial score (nSPS) is 11.3. The summed E-state index contributed by atoms with van der Waals surface area (Å²) in [6.45, 7) is 7.42. The molecule has 11 rings (SSSR count). The van der Waals surface area contributed by atoms with Gasteiger partial charge in [0.15, 0.2) is 23.2 Å². The van der Waals surface area contributed by atoms with Gasteiger partial charge >= 0.3 is 0 Å². The predicted octanol–water partition coefficient (Wildman–Crippen LogP) is 14.4. The van der Waals surface area contributed by atoms with Gasteiger partial charge in [-0.3, -0.25) is 4.98 Å². The van der Waals surface area contributed by atoms with Crippen LogP contribution in [0.3, 0.4) is 0 Å². The molecule has 0 amide bonds. The third kappa shape index (κ3) is 6.03. The molecule has 5 nitrogen and oxygen atoms in total. The van der Waals surface area contributed by atoms with Crippen LogP contribution in [-0.2, 0) is 0 Å². The van der Waals surface area contributed by atoms with Crippen LogP contribution < -0.4 is 0 Å². The van der Waals surface area contributed by atoms with Gasteiger partial charge < -0.3 is 0 Å². The van der Waals surface area contributed by atoms with E-state index in [1.165, 1.54) is 10.8 Å². The van der Waals surface area contributed by atoms with E-state index in [2.05, 4.69) is 108 Å². The van der Waals surface area contributed by atoms with Gasteiger partial charge in [0.2, 0.25) is 0 Å². The van der Waals surface area contributed by atoms with Crippen molar-refractivity contribution in [2.24, 2.45) is 0 Å². The standard InChI is InChI=1S/C55H33N5/c1-56-40-27-25-35(26-28-40)41-29-30-46(43-21-9-8-20-42(41)43)51-34-49-45-23-11-10-22-44(45)48(33-50(49)47-24-13-31-57-52(47)51)38-18-12-19-39(32-38)55-59-53(36-14-4-2-5-15-36)58-54(60-55)37-16-6-3-7-17-37/h2-34H. The van der Waals surface area contributed by atoms with Gasteiger partial charge in [0.25, 0.3) is 0 Å². The van der Waals surface area contributed by atoms with E-state index in [0.717, 1.165) is 82.5 Å². The first-order chi connectivity index (χ1) is 29.7. The van der Waals surface area contributed by atoms with Gasteiger partial charge in [-0.25, -0.2) is 19.8 Å². The van der Waals surface area contributed by atoms with E-state index in [1.807, 2.05) is 97.2 Å². The van der Waals surface area contributed by atoms with Crippen LogP contribution in [0.2, 0.25) is 0 Å². The molecular weight excluding hydrogens is 731 g/mol. The molecule has 0 aliphatic heterocycles. The molecule has 0 spiro atoms. The van der Waals surface area contributed by atoms with Crippen LogP contribution in [0.1, 0.15) is 0 Å². The summed E-state index contributed by atoms with van der Waals surface area (Å²) in [7, 11) is 0. The molecule has 0 saturated carbocycles. The lowest BCUT2D eigenvalue weighted by atomic mass is 9.87. The summed E-state index contributed by atoms with van der Waals surface area (Å²) in [6.07, 6.45) is 1.89. The maximum atomic E-state index is 7.42. The molecule has 0 aliphatic rings. The van der Waals surface area contributed by atoms with Crippen molar-refractivity contribution in [3.63, 3.8) is 0 Å². The number of nitrogens with zero attached hydrogens (tertiary/aromatic N) is 5. The second-order valence-corrected chi connectivity index (χ2v) is 14.9. The molecule has 9 aromatic carbocycles. The average Bonchev–Trinajstić information content (AvgIpc) is 3.33. The maximum Gasteiger partial charge on any atom is 0.187 e. The zero-order valence-electron chi connectivity index (χ0n) is 32.3. The fourth-order valence-electron chi connectivity index (χ4n) is 8.53. The van der Waals surface area contributed by atoms with Crippen molar-refractivity contribution in [2.75, 3.05) is 0 Å². The molecule has 0 radical (unpaired) electrons. The zero-order valence-corrected chi connectivity index (χ0v) is 32.3. The van der Waals surface area contributed by atoms with E-state index in [4.69, 9.17) is 26.5 Å². The highest BCUT2D eigenvalue weighted by atomic mass is 15.0. The third-order valence-electron chi connectivity index (χ3n) is 11.4. The predicted molar refractivity (Wildman–Crippen MR) is 247 cm³/mol. The van der Waals surface area contributed by atoms with Gasteiger partial charge in [-0.15, -0.1) is 0 Å². The summed E-state index contributed by atoms with van der Waals surface area (Å²) in [5.74, 6) is 1.88. The molecule has 0 N–H and O–H groups in total. The topological polar surface area (TPSA) is 55.9 Å². The Kier molecular flexibility index (Phi) is 8.46. The number of hydrogen-bond acceptors (Lipinski definition) is 4. The van der Waals surface area contributed by atoms with Gasteiger partial charge in [-0.1, -0.05) is 170 Å². The number of pyridine rings is 1. The number of benzene rings is 9. The Morgan fingerprint density at radius 3 is 1.48 bits per heavy atom. The number of aromatic nitrogens is 4. The van der Waals surface area contributed by atoms with E-state index in [-0.39, 0.29) is 0 Å². The fourth-order valence-corrected chi connectivity index (χ4v) is 8.53. The first kappa shape index (κ1) is 34.9. The SMILES string of the molecule is [C-]#[N+]c1ccc(-c2ccc(-c3cc4c5ccccc5c(-c5cccc(-c6nc(-c7ccccc7)nc(-c7ccccc7)n6)c5)cc4c4cccnc34)c3ccccc23)cc1. The highest BCUT2D eigenvalue weighted by Gasteiger charge is 2.19. The number of fused-ring (bicyclic) bond motifs is 6. The van der Waals surface area contributed by atoms with E-state index in [0.29, 0.717) is 23.2 Å². The van der Waals surface area contributed by atoms with Crippen LogP contribution in [0.25, 0.3) is 116 Å². The van der Waals surface area contributed by atoms with Crippen LogP contribution in [0, 0.1) is 6.57 Å². The molecule has 0 fully saturated rings. The van der Waals surface area contributed by atoms with E-state index < -0.39 is 0 Å². The lowest BCUT2D eigenvalue weighted by molar-refractivity contribution is 1.07. The van der Waals surface area contributed by atoms with E-state index in [9.17, 15) is 0 Å². The van der Waals surface area contributed by atoms with Gasteiger partial charge in [-0.2, -0.15) is 0 Å². The number of hydrogen-bond donors (Lipinski definition) is 0. The Labute approximate surface area is 346 Å². The Morgan fingerprint density at radius 2 is 0.817 bits per heavy atom. The molecule has 2 aromatic heterocycles. The number of rotatable bonds is 6. The van der Waals surface area contributed by atoms with Crippen LogP contribution in [0.15, 0.2) is 200 Å². The van der Waals surface area contributed by atoms with Gasteiger partial charge in [0.05, 0.1) is 12.1 Å².